The van der Waals surface area contributed by atoms with Crippen LogP contribution in [0.25, 0.3) is 0 Å². The summed E-state index contributed by atoms with van der Waals surface area (Å²) in [7, 11) is 6.80. The van der Waals surface area contributed by atoms with E-state index in [0.29, 0.717) is 23.3 Å². The Morgan fingerprint density at radius 2 is 1.64 bits per heavy atom. The number of aliphatic imine (C=N–C) groups is 1. The van der Waals surface area contributed by atoms with Gasteiger partial charge in [0, 0.05) is 45.8 Å². The average molecular weight is 504 g/mol. The second kappa shape index (κ2) is 10.4. The normalized spacial score (nSPS) is 22.3. The molecular weight excluding hydrogens is 471 g/mol. The molecule has 158 valence electrons. The number of rotatable bonds is 6. The Labute approximate surface area is 185 Å². The van der Waals surface area contributed by atoms with Gasteiger partial charge in [0.1, 0.15) is 0 Å². The van der Waals surface area contributed by atoms with Gasteiger partial charge in [-0.3, -0.25) is 9.89 Å². The van der Waals surface area contributed by atoms with Crippen LogP contribution in [0.5, 0.6) is 17.2 Å². The maximum Gasteiger partial charge on any atom is 0.203 e. The summed E-state index contributed by atoms with van der Waals surface area (Å²) in [5.74, 6) is 3.85. The summed E-state index contributed by atoms with van der Waals surface area (Å²) in [6, 6.07) is 4.66. The highest BCUT2D eigenvalue weighted by Gasteiger charge is 2.34. The van der Waals surface area contributed by atoms with Crippen molar-refractivity contribution in [3.8, 4) is 17.2 Å². The molecule has 28 heavy (non-hydrogen) atoms. The highest BCUT2D eigenvalue weighted by Crippen LogP contribution is 2.38. The Hall–Kier alpha value is -1.42. The average Bonchev–Trinajstić information content (AvgIpc) is 3.40. The molecule has 3 rings (SSSR count). The molecule has 1 saturated carbocycles. The SMILES string of the molecule is CN=C(NC1CC1C)N1CCN(Cc2cc(OC)c(OC)c(OC)c2)CC1.I. The summed E-state index contributed by atoms with van der Waals surface area (Å²) in [4.78, 5) is 9.27. The lowest BCUT2D eigenvalue weighted by Crippen LogP contribution is -2.52. The Balaban J connectivity index is 0.00000280. The third-order valence-corrected chi connectivity index (χ3v) is 5.44. The van der Waals surface area contributed by atoms with Gasteiger partial charge in [-0.25, -0.2) is 0 Å². The zero-order valence-corrected chi connectivity index (χ0v) is 19.9. The van der Waals surface area contributed by atoms with Crippen molar-refractivity contribution >= 4 is 29.9 Å². The van der Waals surface area contributed by atoms with Gasteiger partial charge in [0.05, 0.1) is 21.3 Å². The number of nitrogens with zero attached hydrogens (tertiary/aromatic N) is 3. The van der Waals surface area contributed by atoms with Gasteiger partial charge in [-0.05, 0) is 30.0 Å². The van der Waals surface area contributed by atoms with Gasteiger partial charge in [-0.2, -0.15) is 0 Å². The molecule has 2 unspecified atom stereocenters. The van der Waals surface area contributed by atoms with Crippen LogP contribution in [0.1, 0.15) is 18.9 Å². The van der Waals surface area contributed by atoms with Crippen LogP contribution in [-0.4, -0.2) is 76.4 Å². The molecule has 1 aromatic carbocycles. The molecule has 8 heteroatoms. The number of halogens is 1. The second-order valence-electron chi connectivity index (χ2n) is 7.31. The van der Waals surface area contributed by atoms with Crippen molar-refractivity contribution < 1.29 is 14.2 Å². The Morgan fingerprint density at radius 3 is 2.07 bits per heavy atom. The van der Waals surface area contributed by atoms with E-state index in [1.165, 1.54) is 6.42 Å². The van der Waals surface area contributed by atoms with Gasteiger partial charge in [0.15, 0.2) is 17.5 Å². The molecule has 1 aliphatic heterocycles. The maximum absolute atomic E-state index is 5.47. The summed E-state index contributed by atoms with van der Waals surface area (Å²) in [5.41, 5.74) is 1.16. The lowest BCUT2D eigenvalue weighted by Gasteiger charge is -2.36. The second-order valence-corrected chi connectivity index (χ2v) is 7.31. The van der Waals surface area contributed by atoms with Gasteiger partial charge in [0.25, 0.3) is 0 Å². The molecular formula is C20H33IN4O3. The molecule has 2 atom stereocenters. The number of piperazine rings is 1. The van der Waals surface area contributed by atoms with Crippen molar-refractivity contribution in [3.63, 3.8) is 0 Å². The fourth-order valence-corrected chi connectivity index (χ4v) is 3.59. The third-order valence-electron chi connectivity index (χ3n) is 5.44. The molecule has 2 fully saturated rings. The van der Waals surface area contributed by atoms with E-state index in [0.717, 1.165) is 50.2 Å². The van der Waals surface area contributed by atoms with E-state index in [4.69, 9.17) is 14.2 Å². The van der Waals surface area contributed by atoms with E-state index in [1.54, 1.807) is 21.3 Å². The van der Waals surface area contributed by atoms with Crippen LogP contribution < -0.4 is 19.5 Å². The quantitative estimate of drug-likeness (QED) is 0.365. The van der Waals surface area contributed by atoms with E-state index >= 15 is 0 Å². The molecule has 0 spiro atoms. The number of methoxy groups -OCH3 is 3. The molecule has 0 amide bonds. The molecule has 1 saturated heterocycles. The first-order valence-electron chi connectivity index (χ1n) is 9.59. The molecule has 1 heterocycles. The molecule has 0 radical (unpaired) electrons. The standard InChI is InChI=1S/C20H32N4O3.HI/c1-14-10-16(14)22-20(21-2)24-8-6-23(7-9-24)13-15-11-17(25-3)19(27-5)18(12-15)26-4;/h11-12,14,16H,6-10,13H2,1-5H3,(H,21,22);1H. The molecule has 0 bridgehead atoms. The molecule has 1 N–H and O–H groups in total. The number of nitrogens with one attached hydrogen (secondary N) is 1. The van der Waals surface area contributed by atoms with E-state index < -0.39 is 0 Å². The molecule has 0 aromatic heterocycles. The van der Waals surface area contributed by atoms with E-state index in [1.807, 2.05) is 19.2 Å². The van der Waals surface area contributed by atoms with E-state index in [-0.39, 0.29) is 24.0 Å². The predicted molar refractivity (Wildman–Crippen MR) is 122 cm³/mol. The fourth-order valence-electron chi connectivity index (χ4n) is 3.59. The monoisotopic (exact) mass is 504 g/mol. The number of ether oxygens (including phenoxy) is 3. The van der Waals surface area contributed by atoms with Crippen molar-refractivity contribution in [1.82, 2.24) is 15.1 Å². The van der Waals surface area contributed by atoms with Crippen molar-refractivity contribution in [2.24, 2.45) is 10.9 Å². The lowest BCUT2D eigenvalue weighted by molar-refractivity contribution is 0.172. The first-order valence-corrected chi connectivity index (χ1v) is 9.59. The molecule has 1 aromatic rings. The van der Waals surface area contributed by atoms with Gasteiger partial charge in [-0.15, -0.1) is 24.0 Å². The topological polar surface area (TPSA) is 58.6 Å². The minimum atomic E-state index is 0. The van der Waals surface area contributed by atoms with Crippen molar-refractivity contribution in [2.75, 3.05) is 54.6 Å². The summed E-state index contributed by atoms with van der Waals surface area (Å²) < 4.78 is 16.3. The third kappa shape index (κ3) is 5.34. The summed E-state index contributed by atoms with van der Waals surface area (Å²) in [6.45, 7) is 7.09. The lowest BCUT2D eigenvalue weighted by atomic mass is 10.1. The molecule has 7 nitrogen and oxygen atoms in total. The molecule has 1 aliphatic carbocycles. The van der Waals surface area contributed by atoms with Crippen molar-refractivity contribution in [2.45, 2.75) is 25.9 Å². The predicted octanol–water partition coefficient (Wildman–Crippen LogP) is 2.43. The smallest absolute Gasteiger partial charge is 0.203 e. The molecule has 2 aliphatic rings. The minimum absolute atomic E-state index is 0. The Kier molecular flexibility index (Phi) is 8.48. The Bertz CT molecular complexity index is 652. The fraction of sp³-hybridized carbons (Fsp3) is 0.650. The van der Waals surface area contributed by atoms with Crippen LogP contribution in [-0.2, 0) is 6.54 Å². The van der Waals surface area contributed by atoms with Gasteiger partial charge < -0.3 is 24.4 Å². The van der Waals surface area contributed by atoms with Crippen LogP contribution in [0.15, 0.2) is 17.1 Å². The van der Waals surface area contributed by atoms with Crippen LogP contribution in [0.4, 0.5) is 0 Å². The van der Waals surface area contributed by atoms with Crippen LogP contribution in [0.3, 0.4) is 0 Å². The largest absolute Gasteiger partial charge is 0.493 e. The first kappa shape index (κ1) is 22.9. The van der Waals surface area contributed by atoms with Crippen molar-refractivity contribution in [3.05, 3.63) is 17.7 Å². The number of benzene rings is 1. The van der Waals surface area contributed by atoms with Crippen molar-refractivity contribution in [1.29, 1.82) is 0 Å². The number of guanidine groups is 1. The van der Waals surface area contributed by atoms with E-state index in [9.17, 15) is 0 Å². The zero-order valence-electron chi connectivity index (χ0n) is 17.5. The number of hydrogen-bond acceptors (Lipinski definition) is 5. The summed E-state index contributed by atoms with van der Waals surface area (Å²) in [5, 5.41) is 3.58. The summed E-state index contributed by atoms with van der Waals surface area (Å²) >= 11 is 0. The number of hydrogen-bond donors (Lipinski definition) is 1. The van der Waals surface area contributed by atoms with Crippen LogP contribution in [0.2, 0.25) is 0 Å². The highest BCUT2D eigenvalue weighted by molar-refractivity contribution is 14.0. The summed E-state index contributed by atoms with van der Waals surface area (Å²) in [6.07, 6.45) is 1.25. The van der Waals surface area contributed by atoms with Crippen LogP contribution >= 0.6 is 24.0 Å². The van der Waals surface area contributed by atoms with Gasteiger partial charge in [-0.1, -0.05) is 6.92 Å². The minimum Gasteiger partial charge on any atom is -0.493 e. The van der Waals surface area contributed by atoms with Gasteiger partial charge >= 0.3 is 0 Å². The first-order chi connectivity index (χ1) is 13.1. The highest BCUT2D eigenvalue weighted by atomic mass is 127. The zero-order chi connectivity index (χ0) is 19.4. The maximum atomic E-state index is 5.47. The Morgan fingerprint density at radius 1 is 1.07 bits per heavy atom. The van der Waals surface area contributed by atoms with Gasteiger partial charge in [0.2, 0.25) is 5.75 Å². The van der Waals surface area contributed by atoms with Crippen LogP contribution in [0, 0.1) is 5.92 Å². The van der Waals surface area contributed by atoms with E-state index in [2.05, 4.69) is 27.0 Å².